The standard InChI is InChI=1S/C24H26O2/c1-14(2)22(25)13-20-17(5)23(19-11-8-16(4)12-21(19)20)24(26)18-9-6-15(3)7-10-18/h6-12,14,23H,13H2,1-5H3. The smallest absolute Gasteiger partial charge is 0.174 e. The highest BCUT2D eigenvalue weighted by Gasteiger charge is 2.34. The zero-order valence-corrected chi connectivity index (χ0v) is 16.2. The summed E-state index contributed by atoms with van der Waals surface area (Å²) in [6, 6.07) is 14.0. The van der Waals surface area contributed by atoms with Crippen LogP contribution >= 0.6 is 0 Å². The van der Waals surface area contributed by atoms with E-state index in [0.29, 0.717) is 6.42 Å². The molecule has 0 saturated heterocycles. The Balaban J connectivity index is 2.07. The first-order valence-electron chi connectivity index (χ1n) is 9.23. The van der Waals surface area contributed by atoms with Crippen LogP contribution in [-0.2, 0) is 4.79 Å². The van der Waals surface area contributed by atoms with E-state index in [0.717, 1.165) is 39.0 Å². The van der Waals surface area contributed by atoms with Gasteiger partial charge in [0, 0.05) is 17.9 Å². The third-order valence-electron chi connectivity index (χ3n) is 5.35. The summed E-state index contributed by atoms with van der Waals surface area (Å²) in [5.41, 5.74) is 7.17. The summed E-state index contributed by atoms with van der Waals surface area (Å²) < 4.78 is 0. The van der Waals surface area contributed by atoms with Crippen LogP contribution in [0.25, 0.3) is 5.57 Å². The van der Waals surface area contributed by atoms with Crippen molar-refractivity contribution in [3.8, 4) is 0 Å². The molecule has 2 nitrogen and oxygen atoms in total. The lowest BCUT2D eigenvalue weighted by molar-refractivity contribution is -0.120. The van der Waals surface area contributed by atoms with E-state index in [2.05, 4.69) is 18.2 Å². The lowest BCUT2D eigenvalue weighted by Crippen LogP contribution is -2.12. The topological polar surface area (TPSA) is 34.1 Å². The zero-order valence-electron chi connectivity index (χ0n) is 16.2. The summed E-state index contributed by atoms with van der Waals surface area (Å²) in [5, 5.41) is 0. The maximum atomic E-state index is 13.3. The summed E-state index contributed by atoms with van der Waals surface area (Å²) in [7, 11) is 0. The number of hydrogen-bond acceptors (Lipinski definition) is 2. The van der Waals surface area contributed by atoms with Crippen molar-refractivity contribution in [2.45, 2.75) is 47.0 Å². The molecule has 1 aliphatic rings. The van der Waals surface area contributed by atoms with Crippen molar-refractivity contribution in [3.05, 3.63) is 75.9 Å². The molecule has 2 heteroatoms. The molecule has 2 aromatic carbocycles. The molecule has 26 heavy (non-hydrogen) atoms. The highest BCUT2D eigenvalue weighted by molar-refractivity contribution is 6.08. The number of carbonyl (C=O) groups is 2. The predicted octanol–water partition coefficient (Wildman–Crippen LogP) is 5.67. The van der Waals surface area contributed by atoms with Gasteiger partial charge in [-0.3, -0.25) is 9.59 Å². The summed E-state index contributed by atoms with van der Waals surface area (Å²) in [6.07, 6.45) is 0.400. The number of aryl methyl sites for hydroxylation is 2. The minimum Gasteiger partial charge on any atom is -0.299 e. The molecule has 0 N–H and O–H groups in total. The van der Waals surface area contributed by atoms with Crippen LogP contribution < -0.4 is 0 Å². The van der Waals surface area contributed by atoms with Crippen molar-refractivity contribution in [3.63, 3.8) is 0 Å². The fourth-order valence-electron chi connectivity index (χ4n) is 3.64. The Kier molecular flexibility index (Phi) is 4.95. The molecular weight excluding hydrogens is 320 g/mol. The lowest BCUT2D eigenvalue weighted by atomic mass is 9.88. The predicted molar refractivity (Wildman–Crippen MR) is 106 cm³/mol. The van der Waals surface area contributed by atoms with Gasteiger partial charge in [-0.15, -0.1) is 0 Å². The minimum absolute atomic E-state index is 0.00425. The Morgan fingerprint density at radius 2 is 1.54 bits per heavy atom. The molecule has 0 aromatic heterocycles. The molecule has 0 fully saturated rings. The van der Waals surface area contributed by atoms with E-state index < -0.39 is 0 Å². The number of carbonyl (C=O) groups excluding carboxylic acids is 2. The maximum Gasteiger partial charge on any atom is 0.174 e. The van der Waals surface area contributed by atoms with Crippen molar-refractivity contribution in [2.24, 2.45) is 5.92 Å². The number of ketones is 2. The van der Waals surface area contributed by atoms with E-state index in [1.807, 2.05) is 58.9 Å². The van der Waals surface area contributed by atoms with Gasteiger partial charge < -0.3 is 0 Å². The van der Waals surface area contributed by atoms with Crippen LogP contribution in [-0.4, -0.2) is 11.6 Å². The molecule has 1 unspecified atom stereocenters. The van der Waals surface area contributed by atoms with E-state index in [1.54, 1.807) is 0 Å². The lowest BCUT2D eigenvalue weighted by Gasteiger charge is -2.14. The second kappa shape index (κ2) is 7.03. The normalized spacial score (nSPS) is 16.2. The Labute approximate surface area is 155 Å². The van der Waals surface area contributed by atoms with Gasteiger partial charge in [0.05, 0.1) is 5.92 Å². The van der Waals surface area contributed by atoms with Crippen molar-refractivity contribution >= 4 is 17.1 Å². The molecule has 1 atom stereocenters. The van der Waals surface area contributed by atoms with Crippen LogP contribution in [0.2, 0.25) is 0 Å². The molecule has 0 aliphatic heterocycles. The van der Waals surface area contributed by atoms with Crippen LogP contribution in [0.3, 0.4) is 0 Å². The number of rotatable bonds is 5. The second-order valence-corrected chi connectivity index (χ2v) is 7.71. The van der Waals surface area contributed by atoms with Gasteiger partial charge in [0.2, 0.25) is 0 Å². The third-order valence-corrected chi connectivity index (χ3v) is 5.35. The number of benzene rings is 2. The zero-order chi connectivity index (χ0) is 19.0. The Hall–Kier alpha value is -2.48. The molecule has 0 amide bonds. The molecule has 0 saturated carbocycles. The van der Waals surface area contributed by atoms with Crippen LogP contribution in [0.1, 0.15) is 65.7 Å². The third kappa shape index (κ3) is 3.29. The Morgan fingerprint density at radius 1 is 0.923 bits per heavy atom. The first-order chi connectivity index (χ1) is 12.3. The molecule has 2 aromatic rings. The molecule has 134 valence electrons. The highest BCUT2D eigenvalue weighted by atomic mass is 16.1. The van der Waals surface area contributed by atoms with Gasteiger partial charge in [-0.2, -0.15) is 0 Å². The van der Waals surface area contributed by atoms with Crippen molar-refractivity contribution in [2.75, 3.05) is 0 Å². The van der Waals surface area contributed by atoms with Crippen molar-refractivity contribution in [1.82, 2.24) is 0 Å². The Morgan fingerprint density at radius 3 is 2.15 bits per heavy atom. The summed E-state index contributed by atoms with van der Waals surface area (Å²) in [5.74, 6) is 0.0357. The molecular formula is C24H26O2. The van der Waals surface area contributed by atoms with Crippen molar-refractivity contribution < 1.29 is 9.59 Å². The summed E-state index contributed by atoms with van der Waals surface area (Å²) in [6.45, 7) is 9.93. The quantitative estimate of drug-likeness (QED) is 0.653. The molecule has 1 aliphatic carbocycles. The maximum absolute atomic E-state index is 13.3. The van der Waals surface area contributed by atoms with Gasteiger partial charge in [-0.1, -0.05) is 73.0 Å². The van der Waals surface area contributed by atoms with Crippen molar-refractivity contribution in [1.29, 1.82) is 0 Å². The van der Waals surface area contributed by atoms with Gasteiger partial charge in [0.25, 0.3) is 0 Å². The molecule has 0 radical (unpaired) electrons. The van der Waals surface area contributed by atoms with Crippen LogP contribution in [0, 0.1) is 19.8 Å². The first kappa shape index (κ1) is 18.3. The highest BCUT2D eigenvalue weighted by Crippen LogP contribution is 2.45. The van der Waals surface area contributed by atoms with E-state index in [-0.39, 0.29) is 23.4 Å². The SMILES string of the molecule is CC1=C(CC(=O)C(C)C)c2cc(C)ccc2C1C(=O)c1ccc(C)cc1. The van der Waals surface area contributed by atoms with Crippen LogP contribution in [0.15, 0.2) is 48.0 Å². The summed E-state index contributed by atoms with van der Waals surface area (Å²) >= 11 is 0. The van der Waals surface area contributed by atoms with Gasteiger partial charge in [0.15, 0.2) is 5.78 Å². The average Bonchev–Trinajstić information content (AvgIpc) is 2.86. The van der Waals surface area contributed by atoms with Gasteiger partial charge >= 0.3 is 0 Å². The molecule has 0 bridgehead atoms. The fourth-order valence-corrected chi connectivity index (χ4v) is 3.64. The molecule has 0 spiro atoms. The number of fused-ring (bicyclic) bond motifs is 1. The monoisotopic (exact) mass is 346 g/mol. The minimum atomic E-state index is -0.289. The average molecular weight is 346 g/mol. The van der Waals surface area contributed by atoms with E-state index in [4.69, 9.17) is 0 Å². The van der Waals surface area contributed by atoms with Gasteiger partial charge in [-0.05, 0) is 37.5 Å². The van der Waals surface area contributed by atoms with E-state index in [9.17, 15) is 9.59 Å². The fraction of sp³-hybridized carbons (Fsp3) is 0.333. The number of Topliss-reactive ketones (excluding diaryl/α,β-unsaturated/α-hetero) is 2. The first-order valence-corrected chi connectivity index (χ1v) is 9.23. The molecule has 0 heterocycles. The largest absolute Gasteiger partial charge is 0.299 e. The number of hydrogen-bond donors (Lipinski definition) is 0. The van der Waals surface area contributed by atoms with Crippen LogP contribution in [0.4, 0.5) is 0 Å². The molecule has 3 rings (SSSR count). The Bertz CT molecular complexity index is 898. The second-order valence-electron chi connectivity index (χ2n) is 7.71. The van der Waals surface area contributed by atoms with Gasteiger partial charge in [-0.25, -0.2) is 0 Å². The van der Waals surface area contributed by atoms with E-state index >= 15 is 0 Å². The number of allylic oxidation sites excluding steroid dienone is 2. The summed E-state index contributed by atoms with van der Waals surface area (Å²) in [4.78, 5) is 25.7. The van der Waals surface area contributed by atoms with Gasteiger partial charge in [0.1, 0.15) is 5.78 Å². The van der Waals surface area contributed by atoms with E-state index in [1.165, 1.54) is 0 Å². The van der Waals surface area contributed by atoms with Crippen LogP contribution in [0.5, 0.6) is 0 Å².